The number of esters is 2. The number of carboxylic acids is 1. The molecule has 0 fully saturated rings. The smallest absolute Gasteiger partial charge is 0.338 e. The number of carbonyl (C=O) groups is 3. The number of hydrogen-bond acceptors (Lipinski definition) is 6. The van der Waals surface area contributed by atoms with Gasteiger partial charge in [0, 0.05) is 12.3 Å². The molecule has 7 heteroatoms. The van der Waals surface area contributed by atoms with E-state index in [1.807, 2.05) is 48.5 Å². The Morgan fingerprint density at radius 3 is 1.94 bits per heavy atom. The lowest BCUT2D eigenvalue weighted by Gasteiger charge is -2.29. The van der Waals surface area contributed by atoms with Gasteiger partial charge in [0.15, 0.2) is 0 Å². The van der Waals surface area contributed by atoms with Crippen LogP contribution in [0.5, 0.6) is 0 Å². The van der Waals surface area contributed by atoms with Gasteiger partial charge < -0.3 is 20.3 Å². The summed E-state index contributed by atoms with van der Waals surface area (Å²) in [6.07, 6.45) is -0.895. The van der Waals surface area contributed by atoms with Crippen LogP contribution in [0, 0.1) is 0 Å². The van der Waals surface area contributed by atoms with Crippen molar-refractivity contribution in [1.29, 1.82) is 0 Å². The van der Waals surface area contributed by atoms with Crippen molar-refractivity contribution in [3.05, 3.63) is 59.7 Å². The van der Waals surface area contributed by atoms with Crippen molar-refractivity contribution in [1.82, 2.24) is 0 Å². The number of benzene rings is 2. The van der Waals surface area contributed by atoms with Gasteiger partial charge in [0.1, 0.15) is 12.2 Å². The van der Waals surface area contributed by atoms with Gasteiger partial charge in [-0.1, -0.05) is 48.5 Å². The highest BCUT2D eigenvalue weighted by atomic mass is 16.6. The molecule has 164 valence electrons. The van der Waals surface area contributed by atoms with Crippen LogP contribution in [0.15, 0.2) is 48.5 Å². The van der Waals surface area contributed by atoms with E-state index in [-0.39, 0.29) is 12.5 Å². The van der Waals surface area contributed by atoms with Crippen molar-refractivity contribution in [2.75, 3.05) is 6.61 Å². The van der Waals surface area contributed by atoms with Crippen LogP contribution in [-0.4, -0.2) is 40.8 Å². The largest absolute Gasteiger partial charge is 0.481 e. The van der Waals surface area contributed by atoms with E-state index < -0.39 is 41.9 Å². The van der Waals surface area contributed by atoms with E-state index in [0.29, 0.717) is 0 Å². The topological polar surface area (TPSA) is 116 Å². The number of carbonyl (C=O) groups excluding carboxylic acids is 2. The Kier molecular flexibility index (Phi) is 6.18. The van der Waals surface area contributed by atoms with Gasteiger partial charge in [-0.25, -0.2) is 9.59 Å². The van der Waals surface area contributed by atoms with Crippen molar-refractivity contribution in [3.8, 4) is 11.1 Å². The van der Waals surface area contributed by atoms with Gasteiger partial charge in [-0.3, -0.25) is 4.79 Å². The van der Waals surface area contributed by atoms with E-state index >= 15 is 0 Å². The van der Waals surface area contributed by atoms with Gasteiger partial charge in [-0.15, -0.1) is 0 Å². The van der Waals surface area contributed by atoms with Crippen LogP contribution < -0.4 is 5.73 Å². The Morgan fingerprint density at radius 2 is 1.45 bits per heavy atom. The molecule has 1 aliphatic rings. The van der Waals surface area contributed by atoms with E-state index in [4.69, 9.17) is 20.3 Å². The minimum atomic E-state index is -2.21. The van der Waals surface area contributed by atoms with Gasteiger partial charge in [-0.2, -0.15) is 0 Å². The zero-order valence-corrected chi connectivity index (χ0v) is 17.9. The van der Waals surface area contributed by atoms with Crippen LogP contribution >= 0.6 is 0 Å². The highest BCUT2D eigenvalue weighted by molar-refractivity contribution is 6.05. The number of fused-ring (bicyclic) bond motifs is 3. The summed E-state index contributed by atoms with van der Waals surface area (Å²) >= 11 is 0. The van der Waals surface area contributed by atoms with Crippen molar-refractivity contribution >= 4 is 17.9 Å². The maximum atomic E-state index is 12.9. The summed E-state index contributed by atoms with van der Waals surface area (Å²) < 4.78 is 10.8. The average Bonchev–Trinajstić information content (AvgIpc) is 3.02. The summed E-state index contributed by atoms with van der Waals surface area (Å²) in [5.74, 6) is -3.38. The molecule has 3 rings (SSSR count). The molecule has 0 heterocycles. The molecule has 0 saturated carbocycles. The minimum absolute atomic E-state index is 0.0261. The normalized spacial score (nSPS) is 14.8. The van der Waals surface area contributed by atoms with E-state index in [2.05, 4.69) is 0 Å². The fourth-order valence-corrected chi connectivity index (χ4v) is 3.69. The molecule has 0 spiro atoms. The number of ether oxygens (including phenoxy) is 2. The van der Waals surface area contributed by atoms with Crippen molar-refractivity contribution in [2.24, 2.45) is 5.73 Å². The number of aliphatic carboxylic acids is 1. The summed E-state index contributed by atoms with van der Waals surface area (Å²) in [5, 5.41) is 9.03. The van der Waals surface area contributed by atoms with Gasteiger partial charge in [-0.05, 0) is 49.4 Å². The molecule has 0 unspecified atom stereocenters. The molecule has 1 atom stereocenters. The fourth-order valence-electron chi connectivity index (χ4n) is 3.69. The Hall–Kier alpha value is -3.19. The first-order valence-corrected chi connectivity index (χ1v) is 10.1. The fraction of sp³-hybridized carbons (Fsp3) is 0.375. The summed E-state index contributed by atoms with van der Waals surface area (Å²) in [6, 6.07) is 15.7. The van der Waals surface area contributed by atoms with E-state index in [0.717, 1.165) is 22.3 Å². The van der Waals surface area contributed by atoms with Crippen LogP contribution in [0.3, 0.4) is 0 Å². The molecule has 0 radical (unpaired) electrons. The number of carboxylic acid groups (broad SMARTS) is 1. The van der Waals surface area contributed by atoms with E-state index in [1.54, 1.807) is 20.8 Å². The lowest BCUT2D eigenvalue weighted by Crippen LogP contribution is -2.58. The maximum absolute atomic E-state index is 12.9. The Labute approximate surface area is 181 Å². The summed E-state index contributed by atoms with van der Waals surface area (Å²) in [6.45, 7) is 4.89. The first kappa shape index (κ1) is 22.5. The lowest BCUT2D eigenvalue weighted by atomic mass is 9.93. The standard InChI is InChI=1S/C24H27NO6/c1-23(2,3)31-22(29)24(25,13-12-20(26)27)21(28)30-14-19-17-10-6-4-8-15(17)16-9-5-7-11-18(16)19/h4-11,19H,12-14,25H2,1-3H3,(H,26,27)/t24-/m1/s1. The van der Waals surface area contributed by atoms with Crippen molar-refractivity contribution in [2.45, 2.75) is 50.7 Å². The summed E-state index contributed by atoms with van der Waals surface area (Å²) in [7, 11) is 0. The number of hydrogen-bond donors (Lipinski definition) is 2. The minimum Gasteiger partial charge on any atom is -0.481 e. The van der Waals surface area contributed by atoms with Crippen LogP contribution in [0.2, 0.25) is 0 Å². The van der Waals surface area contributed by atoms with Crippen LogP contribution in [-0.2, 0) is 23.9 Å². The third kappa shape index (κ3) is 4.77. The van der Waals surface area contributed by atoms with E-state index in [9.17, 15) is 14.4 Å². The molecule has 0 aliphatic heterocycles. The maximum Gasteiger partial charge on any atom is 0.338 e. The molecule has 0 amide bonds. The molecule has 3 N–H and O–H groups in total. The second kappa shape index (κ2) is 8.51. The zero-order chi connectivity index (χ0) is 22.8. The molecular formula is C24H27NO6. The zero-order valence-electron chi connectivity index (χ0n) is 17.9. The van der Waals surface area contributed by atoms with Gasteiger partial charge in [0.25, 0.3) is 0 Å². The highest BCUT2D eigenvalue weighted by Gasteiger charge is 2.47. The Bertz CT molecular complexity index is 964. The monoisotopic (exact) mass is 425 g/mol. The van der Waals surface area contributed by atoms with Gasteiger partial charge in [0.05, 0.1) is 0 Å². The SMILES string of the molecule is CC(C)(C)OC(=O)[C@@](N)(CCC(=O)O)C(=O)OCC1c2ccccc2-c2ccccc21. The predicted octanol–water partition coefficient (Wildman–Crippen LogP) is 3.25. The number of nitrogens with two attached hydrogens (primary N) is 1. The van der Waals surface area contributed by atoms with Gasteiger partial charge in [0.2, 0.25) is 5.54 Å². The molecular weight excluding hydrogens is 398 g/mol. The quantitative estimate of drug-likeness (QED) is 0.517. The predicted molar refractivity (Wildman–Crippen MR) is 114 cm³/mol. The second-order valence-corrected chi connectivity index (χ2v) is 8.69. The molecule has 7 nitrogen and oxygen atoms in total. The molecule has 2 aromatic carbocycles. The summed E-state index contributed by atoms with van der Waals surface area (Å²) in [4.78, 5) is 36.7. The van der Waals surface area contributed by atoms with Crippen molar-refractivity contribution < 1.29 is 29.0 Å². The first-order chi connectivity index (χ1) is 14.5. The molecule has 0 bridgehead atoms. The second-order valence-electron chi connectivity index (χ2n) is 8.69. The third-order valence-corrected chi connectivity index (χ3v) is 5.20. The third-order valence-electron chi connectivity index (χ3n) is 5.20. The molecule has 0 saturated heterocycles. The van der Waals surface area contributed by atoms with Crippen molar-refractivity contribution in [3.63, 3.8) is 0 Å². The highest BCUT2D eigenvalue weighted by Crippen LogP contribution is 2.44. The molecule has 1 aliphatic carbocycles. The first-order valence-electron chi connectivity index (χ1n) is 10.1. The average molecular weight is 425 g/mol. The van der Waals surface area contributed by atoms with Crippen LogP contribution in [0.1, 0.15) is 50.7 Å². The lowest BCUT2D eigenvalue weighted by molar-refractivity contribution is -0.172. The van der Waals surface area contributed by atoms with Gasteiger partial charge >= 0.3 is 17.9 Å². The summed E-state index contributed by atoms with van der Waals surface area (Å²) in [5.41, 5.74) is 7.17. The van der Waals surface area contributed by atoms with Crippen LogP contribution in [0.25, 0.3) is 11.1 Å². The van der Waals surface area contributed by atoms with E-state index in [1.165, 1.54) is 0 Å². The molecule has 31 heavy (non-hydrogen) atoms. The Morgan fingerprint density at radius 1 is 0.935 bits per heavy atom. The van der Waals surface area contributed by atoms with Crippen LogP contribution in [0.4, 0.5) is 0 Å². The molecule has 0 aromatic heterocycles. The molecule has 2 aromatic rings. The number of rotatable bonds is 7. The Balaban J connectivity index is 1.82.